The highest BCUT2D eigenvalue weighted by atomic mass is 35.5. The largest absolute Gasteiger partial charge is 0.337 e. The summed E-state index contributed by atoms with van der Waals surface area (Å²) in [6.45, 7) is 1.68. The number of hydrogen-bond donors (Lipinski definition) is 1. The summed E-state index contributed by atoms with van der Waals surface area (Å²) in [5.74, 6) is -4.19. The Hall–Kier alpha value is -1.25. The third kappa shape index (κ3) is 4.30. The number of sulfone groups is 1. The van der Waals surface area contributed by atoms with Gasteiger partial charge in [0.25, 0.3) is 5.91 Å². The van der Waals surface area contributed by atoms with Crippen LogP contribution in [-0.2, 0) is 15.6 Å². The zero-order valence-electron chi connectivity index (χ0n) is 13.5. The normalized spacial score (nSPS) is 23.2. The van der Waals surface area contributed by atoms with Crippen LogP contribution >= 0.6 is 12.4 Å². The van der Waals surface area contributed by atoms with E-state index in [4.69, 9.17) is 0 Å². The fraction of sp³-hybridized carbons (Fsp3) is 0.562. The molecule has 2 saturated heterocycles. The van der Waals surface area contributed by atoms with E-state index in [0.717, 1.165) is 32.4 Å². The number of alkyl halides is 2. The zero-order chi connectivity index (χ0) is 17.3. The summed E-state index contributed by atoms with van der Waals surface area (Å²) in [6.07, 6.45) is 2.91. The molecule has 0 aromatic heterocycles. The molecule has 5 nitrogen and oxygen atoms in total. The Bertz CT molecular complexity index is 699. The molecule has 2 heterocycles. The van der Waals surface area contributed by atoms with E-state index in [2.05, 4.69) is 5.32 Å². The fourth-order valence-electron chi connectivity index (χ4n) is 3.50. The second-order valence-electron chi connectivity index (χ2n) is 6.35. The van der Waals surface area contributed by atoms with Crippen LogP contribution in [0.5, 0.6) is 0 Å². The number of nitrogens with zero attached hydrogens (tertiary/aromatic N) is 1. The molecule has 2 unspecified atom stereocenters. The monoisotopic (exact) mass is 394 g/mol. The SMILES string of the molecule is Cl.O=C(c1ccc(CS(=O)(=O)C(F)F)cc1)N1C2CCNCC1CC2. The summed E-state index contributed by atoms with van der Waals surface area (Å²) in [7, 11) is -4.45. The van der Waals surface area contributed by atoms with Gasteiger partial charge in [0.05, 0.1) is 5.75 Å². The van der Waals surface area contributed by atoms with E-state index in [9.17, 15) is 22.0 Å². The molecule has 2 bridgehead atoms. The van der Waals surface area contributed by atoms with Gasteiger partial charge in [-0.1, -0.05) is 12.1 Å². The molecule has 1 amide bonds. The van der Waals surface area contributed by atoms with Crippen LogP contribution in [-0.4, -0.2) is 50.2 Å². The van der Waals surface area contributed by atoms with E-state index < -0.39 is 21.3 Å². The minimum atomic E-state index is -4.45. The van der Waals surface area contributed by atoms with Crippen molar-refractivity contribution in [3.63, 3.8) is 0 Å². The maximum Gasteiger partial charge on any atom is 0.337 e. The fourth-order valence-corrected chi connectivity index (χ4v) is 4.28. The Balaban J connectivity index is 0.00000225. The highest BCUT2D eigenvalue weighted by Crippen LogP contribution is 2.29. The molecule has 140 valence electrons. The maximum atomic E-state index is 12.8. The Morgan fingerprint density at radius 2 is 1.80 bits per heavy atom. The first-order valence-corrected chi connectivity index (χ1v) is 9.72. The van der Waals surface area contributed by atoms with Crippen molar-refractivity contribution in [2.45, 2.75) is 42.9 Å². The molecule has 2 aliphatic heterocycles. The molecule has 0 saturated carbocycles. The molecular weight excluding hydrogens is 374 g/mol. The number of benzene rings is 1. The molecule has 9 heteroatoms. The lowest BCUT2D eigenvalue weighted by atomic mass is 10.1. The van der Waals surface area contributed by atoms with Gasteiger partial charge in [0.15, 0.2) is 0 Å². The van der Waals surface area contributed by atoms with Gasteiger partial charge in [-0.15, -0.1) is 12.4 Å². The van der Waals surface area contributed by atoms with Crippen molar-refractivity contribution in [2.24, 2.45) is 0 Å². The van der Waals surface area contributed by atoms with Crippen molar-refractivity contribution < 1.29 is 22.0 Å². The van der Waals surface area contributed by atoms with E-state index in [1.165, 1.54) is 24.3 Å². The predicted molar refractivity (Wildman–Crippen MR) is 92.8 cm³/mol. The van der Waals surface area contributed by atoms with Crippen LogP contribution < -0.4 is 5.32 Å². The van der Waals surface area contributed by atoms with E-state index in [1.54, 1.807) is 0 Å². The van der Waals surface area contributed by atoms with Crippen molar-refractivity contribution in [1.29, 1.82) is 0 Å². The number of amides is 1. The Morgan fingerprint density at radius 3 is 2.44 bits per heavy atom. The van der Waals surface area contributed by atoms with Crippen LogP contribution in [0.3, 0.4) is 0 Å². The molecule has 2 atom stereocenters. The van der Waals surface area contributed by atoms with E-state index in [0.29, 0.717) is 5.56 Å². The van der Waals surface area contributed by atoms with Crippen molar-refractivity contribution in [2.75, 3.05) is 13.1 Å². The van der Waals surface area contributed by atoms with Crippen LogP contribution in [0.2, 0.25) is 0 Å². The highest BCUT2D eigenvalue weighted by molar-refractivity contribution is 7.90. The number of fused-ring (bicyclic) bond motifs is 2. The summed E-state index contributed by atoms with van der Waals surface area (Å²) in [5, 5.41) is 3.33. The van der Waals surface area contributed by atoms with Gasteiger partial charge in [-0.25, -0.2) is 8.42 Å². The van der Waals surface area contributed by atoms with Gasteiger partial charge in [0.2, 0.25) is 9.84 Å². The molecule has 3 rings (SSSR count). The first-order valence-electron chi connectivity index (χ1n) is 8.00. The molecule has 1 aromatic rings. The van der Waals surface area contributed by atoms with Crippen LogP contribution in [0.1, 0.15) is 35.2 Å². The summed E-state index contributed by atoms with van der Waals surface area (Å²) in [5.41, 5.74) is 0.722. The Morgan fingerprint density at radius 1 is 1.16 bits per heavy atom. The number of carbonyl (C=O) groups excluding carboxylic acids is 1. The van der Waals surface area contributed by atoms with Gasteiger partial charge in [-0.2, -0.15) is 8.78 Å². The van der Waals surface area contributed by atoms with E-state index >= 15 is 0 Å². The summed E-state index contributed by atoms with van der Waals surface area (Å²) < 4.78 is 47.4. The summed E-state index contributed by atoms with van der Waals surface area (Å²) in [6, 6.07) is 6.34. The lowest BCUT2D eigenvalue weighted by Gasteiger charge is -2.28. The van der Waals surface area contributed by atoms with E-state index in [-0.39, 0.29) is 36.0 Å². The van der Waals surface area contributed by atoms with Crippen molar-refractivity contribution in [1.82, 2.24) is 10.2 Å². The third-order valence-corrected chi connectivity index (χ3v) is 6.01. The molecule has 25 heavy (non-hydrogen) atoms. The highest BCUT2D eigenvalue weighted by Gasteiger charge is 2.38. The van der Waals surface area contributed by atoms with Gasteiger partial charge >= 0.3 is 5.76 Å². The standard InChI is InChI=1S/C16H20F2N2O3S.ClH/c17-16(18)24(22,23)10-11-1-3-12(4-2-11)15(21)20-13-5-6-14(20)9-19-8-7-13;/h1-4,13-14,16,19H,5-10H2;1H. The number of nitrogens with one attached hydrogen (secondary N) is 1. The lowest BCUT2D eigenvalue weighted by molar-refractivity contribution is 0.0680. The van der Waals surface area contributed by atoms with Gasteiger partial charge in [-0.3, -0.25) is 4.79 Å². The molecule has 0 radical (unpaired) electrons. The number of carbonyl (C=O) groups is 1. The molecule has 2 fully saturated rings. The molecular formula is C16H21ClF2N2O3S. The van der Waals surface area contributed by atoms with Gasteiger partial charge in [0.1, 0.15) is 0 Å². The van der Waals surface area contributed by atoms with E-state index in [1.807, 2.05) is 4.90 Å². The van der Waals surface area contributed by atoms with Crippen molar-refractivity contribution in [3.8, 4) is 0 Å². The molecule has 0 spiro atoms. The number of halogens is 3. The zero-order valence-corrected chi connectivity index (χ0v) is 15.2. The number of hydrogen-bond acceptors (Lipinski definition) is 4. The molecule has 2 aliphatic rings. The molecule has 0 aliphatic carbocycles. The van der Waals surface area contributed by atoms with Crippen LogP contribution in [0.15, 0.2) is 24.3 Å². The average Bonchev–Trinajstić information content (AvgIpc) is 2.80. The van der Waals surface area contributed by atoms with Crippen LogP contribution in [0.4, 0.5) is 8.78 Å². The predicted octanol–water partition coefficient (Wildman–Crippen LogP) is 2.21. The smallest absolute Gasteiger partial charge is 0.331 e. The lowest BCUT2D eigenvalue weighted by Crippen LogP contribution is -2.42. The summed E-state index contributed by atoms with van der Waals surface area (Å²) >= 11 is 0. The van der Waals surface area contributed by atoms with Crippen LogP contribution in [0.25, 0.3) is 0 Å². The average molecular weight is 395 g/mol. The maximum absolute atomic E-state index is 12.8. The van der Waals surface area contributed by atoms with Gasteiger partial charge in [0, 0.05) is 24.2 Å². The molecule has 1 N–H and O–H groups in total. The second-order valence-corrected chi connectivity index (χ2v) is 8.33. The third-order valence-electron chi connectivity index (χ3n) is 4.73. The first kappa shape index (κ1) is 20.1. The van der Waals surface area contributed by atoms with Gasteiger partial charge in [-0.05, 0) is 43.5 Å². The minimum absolute atomic E-state index is 0. The topological polar surface area (TPSA) is 66.5 Å². The minimum Gasteiger partial charge on any atom is -0.331 e. The van der Waals surface area contributed by atoms with Crippen molar-refractivity contribution in [3.05, 3.63) is 35.4 Å². The van der Waals surface area contributed by atoms with Crippen LogP contribution in [0, 0.1) is 0 Å². The van der Waals surface area contributed by atoms with Crippen molar-refractivity contribution >= 4 is 28.2 Å². The van der Waals surface area contributed by atoms with Gasteiger partial charge < -0.3 is 10.2 Å². The Labute approximate surface area is 152 Å². The second kappa shape index (κ2) is 7.97. The Kier molecular flexibility index (Phi) is 6.40. The quantitative estimate of drug-likeness (QED) is 0.850. The number of rotatable bonds is 4. The molecule has 1 aromatic carbocycles. The summed E-state index contributed by atoms with van der Waals surface area (Å²) in [4.78, 5) is 14.7. The first-order chi connectivity index (χ1) is 11.4.